The Morgan fingerprint density at radius 2 is 1.91 bits per heavy atom. The van der Waals surface area contributed by atoms with Crippen LogP contribution in [0, 0.1) is 10.1 Å². The number of carboxylic acid groups (broad SMARTS) is 1. The first-order valence-corrected chi connectivity index (χ1v) is 11.1. The number of hydrogen-bond acceptors (Lipinski definition) is 6. The van der Waals surface area contributed by atoms with Gasteiger partial charge in [-0.15, -0.1) is 0 Å². The summed E-state index contributed by atoms with van der Waals surface area (Å²) in [5, 5.41) is 24.8. The van der Waals surface area contributed by atoms with E-state index in [2.05, 4.69) is 10.3 Å². The van der Waals surface area contributed by atoms with Gasteiger partial charge in [-0.2, -0.15) is 0 Å². The Morgan fingerprint density at radius 3 is 2.56 bits per heavy atom. The van der Waals surface area contributed by atoms with Crippen LogP contribution in [0.2, 0.25) is 0 Å². The van der Waals surface area contributed by atoms with Crippen LogP contribution in [0.3, 0.4) is 0 Å². The average Bonchev–Trinajstić information content (AvgIpc) is 2.79. The van der Waals surface area contributed by atoms with Gasteiger partial charge in [-0.25, -0.2) is 9.78 Å². The molecule has 3 aromatic rings. The molecule has 180 valence electrons. The van der Waals surface area contributed by atoms with Gasteiger partial charge in [-0.3, -0.25) is 10.1 Å². The van der Waals surface area contributed by atoms with E-state index in [1.165, 1.54) is 11.1 Å². The molecule has 9 heteroatoms. The zero-order valence-electron chi connectivity index (χ0n) is 19.7. The highest BCUT2D eigenvalue weighted by atomic mass is 16.6. The third-order valence-corrected chi connectivity index (χ3v) is 5.42. The number of fused-ring (bicyclic) bond motifs is 1. The number of ether oxygens (including phenoxy) is 1. The van der Waals surface area contributed by atoms with E-state index in [0.29, 0.717) is 54.9 Å². The predicted octanol–water partition coefficient (Wildman–Crippen LogP) is 5.69. The zero-order valence-corrected chi connectivity index (χ0v) is 19.7. The van der Waals surface area contributed by atoms with Crippen LogP contribution in [0.15, 0.2) is 54.7 Å². The summed E-state index contributed by atoms with van der Waals surface area (Å²) in [7, 11) is 0. The molecule has 0 fully saturated rings. The summed E-state index contributed by atoms with van der Waals surface area (Å²) in [5.41, 5.74) is 1.41. The summed E-state index contributed by atoms with van der Waals surface area (Å²) in [4.78, 5) is 28.3. The average molecular weight is 467 g/mol. The number of pyridine rings is 1. The van der Waals surface area contributed by atoms with Crippen LogP contribution in [0.5, 0.6) is 5.75 Å². The summed E-state index contributed by atoms with van der Waals surface area (Å²) < 4.78 is 5.89. The van der Waals surface area contributed by atoms with Crippen molar-refractivity contribution >= 4 is 28.4 Å². The van der Waals surface area contributed by atoms with Crippen LogP contribution < -0.4 is 10.1 Å². The molecular formula is C25H30N4O5. The summed E-state index contributed by atoms with van der Waals surface area (Å²) in [6.07, 6.45) is 1.56. The normalized spacial score (nSPS) is 11.3. The highest BCUT2D eigenvalue weighted by Gasteiger charge is 2.25. The van der Waals surface area contributed by atoms with Crippen molar-refractivity contribution < 1.29 is 19.6 Å². The Kier molecular flexibility index (Phi) is 7.88. The van der Waals surface area contributed by atoms with Gasteiger partial charge in [-0.1, -0.05) is 30.3 Å². The van der Waals surface area contributed by atoms with E-state index in [4.69, 9.17) is 4.74 Å². The maximum atomic E-state index is 11.6. The molecule has 9 nitrogen and oxygen atoms in total. The third kappa shape index (κ3) is 6.34. The Balaban J connectivity index is 1.73. The fourth-order valence-corrected chi connectivity index (χ4v) is 3.64. The lowest BCUT2D eigenvalue weighted by Crippen LogP contribution is -2.45. The summed E-state index contributed by atoms with van der Waals surface area (Å²) in [6, 6.07) is 15.1. The number of nitrogens with zero attached hydrogens (tertiary/aromatic N) is 3. The van der Waals surface area contributed by atoms with Gasteiger partial charge in [0.05, 0.1) is 10.4 Å². The van der Waals surface area contributed by atoms with Gasteiger partial charge in [0.1, 0.15) is 24.2 Å². The van der Waals surface area contributed by atoms with Crippen LogP contribution in [0.1, 0.15) is 39.2 Å². The number of aromatic nitrogens is 1. The third-order valence-electron chi connectivity index (χ3n) is 5.42. The summed E-state index contributed by atoms with van der Waals surface area (Å²) in [5.74, 6) is 0.587. The van der Waals surface area contributed by atoms with Gasteiger partial charge in [0.25, 0.3) is 0 Å². The Morgan fingerprint density at radius 1 is 1.18 bits per heavy atom. The zero-order chi connectivity index (χ0) is 24.7. The standard InChI is InChI=1S/C25H30N4O5/c1-25(2,3)28(24(30)31)14-8-7-13-26-23-20-15-19(34-17-18-9-5-4-6-10-18)11-12-21(20)27-16-22(23)29(32)33/h4-6,9-12,15-16H,7-8,13-14,17H2,1-3H3,(H,26,27)(H,30,31). The molecule has 0 spiro atoms. The fraction of sp³-hybridized carbons (Fsp3) is 0.360. The number of benzene rings is 2. The van der Waals surface area contributed by atoms with Crippen molar-refractivity contribution in [2.45, 2.75) is 45.8 Å². The van der Waals surface area contributed by atoms with Crippen LogP contribution >= 0.6 is 0 Å². The molecular weight excluding hydrogens is 436 g/mol. The minimum atomic E-state index is -0.959. The molecule has 34 heavy (non-hydrogen) atoms. The predicted molar refractivity (Wildman–Crippen MR) is 131 cm³/mol. The molecule has 0 atom stereocenters. The van der Waals surface area contributed by atoms with E-state index in [-0.39, 0.29) is 5.69 Å². The molecule has 1 amide bonds. The largest absolute Gasteiger partial charge is 0.489 e. The van der Waals surface area contributed by atoms with Crippen molar-refractivity contribution in [3.63, 3.8) is 0 Å². The number of carbonyl (C=O) groups is 1. The lowest BCUT2D eigenvalue weighted by molar-refractivity contribution is -0.384. The van der Waals surface area contributed by atoms with Gasteiger partial charge in [0.15, 0.2) is 0 Å². The molecule has 0 radical (unpaired) electrons. The summed E-state index contributed by atoms with van der Waals surface area (Å²) in [6.45, 7) is 6.77. The number of rotatable bonds is 10. The van der Waals surface area contributed by atoms with Crippen molar-refractivity contribution in [2.24, 2.45) is 0 Å². The molecule has 0 unspecified atom stereocenters. The molecule has 0 aliphatic heterocycles. The van der Waals surface area contributed by atoms with Gasteiger partial charge < -0.3 is 20.1 Å². The molecule has 0 aliphatic rings. The van der Waals surface area contributed by atoms with Crippen LogP contribution in [-0.2, 0) is 6.61 Å². The molecule has 1 heterocycles. The van der Waals surface area contributed by atoms with Crippen molar-refractivity contribution in [2.75, 3.05) is 18.4 Å². The highest BCUT2D eigenvalue weighted by Crippen LogP contribution is 2.34. The summed E-state index contributed by atoms with van der Waals surface area (Å²) >= 11 is 0. The maximum Gasteiger partial charge on any atom is 0.407 e. The molecule has 1 aromatic heterocycles. The minimum Gasteiger partial charge on any atom is -0.489 e. The van der Waals surface area contributed by atoms with Crippen molar-refractivity contribution in [3.05, 3.63) is 70.4 Å². The molecule has 3 rings (SSSR count). The van der Waals surface area contributed by atoms with Gasteiger partial charge in [-0.05, 0) is 57.4 Å². The first kappa shape index (κ1) is 24.8. The SMILES string of the molecule is CC(C)(C)N(CCCCNc1c([N+](=O)[O-])cnc2ccc(OCc3ccccc3)cc12)C(=O)O. The number of anilines is 1. The molecule has 0 aliphatic carbocycles. The second-order valence-corrected chi connectivity index (χ2v) is 8.97. The molecule has 0 saturated heterocycles. The number of nitro groups is 1. The van der Waals surface area contributed by atoms with E-state index in [0.717, 1.165) is 5.56 Å². The Labute approximate surface area is 198 Å². The van der Waals surface area contributed by atoms with Crippen LogP contribution in [0.4, 0.5) is 16.2 Å². The van der Waals surface area contributed by atoms with E-state index < -0.39 is 16.6 Å². The molecule has 2 aromatic carbocycles. The number of hydrogen-bond donors (Lipinski definition) is 2. The first-order chi connectivity index (χ1) is 16.2. The maximum absolute atomic E-state index is 11.6. The monoisotopic (exact) mass is 466 g/mol. The molecule has 0 bridgehead atoms. The van der Waals surface area contributed by atoms with Crippen LogP contribution in [-0.4, -0.2) is 44.6 Å². The first-order valence-electron chi connectivity index (χ1n) is 11.1. The second kappa shape index (κ2) is 10.8. The Hall–Kier alpha value is -3.88. The van der Waals surface area contributed by atoms with Crippen molar-refractivity contribution in [1.29, 1.82) is 0 Å². The Bertz CT molecular complexity index is 1150. The van der Waals surface area contributed by atoms with Gasteiger partial charge in [0, 0.05) is 24.0 Å². The van der Waals surface area contributed by atoms with E-state index in [1.807, 2.05) is 51.1 Å². The number of nitrogens with one attached hydrogen (secondary N) is 1. The van der Waals surface area contributed by atoms with E-state index in [1.54, 1.807) is 18.2 Å². The number of unbranched alkanes of at least 4 members (excludes halogenated alkanes) is 1. The van der Waals surface area contributed by atoms with E-state index in [9.17, 15) is 20.0 Å². The lowest BCUT2D eigenvalue weighted by atomic mass is 10.1. The van der Waals surface area contributed by atoms with Crippen LogP contribution in [0.25, 0.3) is 10.9 Å². The smallest absolute Gasteiger partial charge is 0.407 e. The molecule has 2 N–H and O–H groups in total. The van der Waals surface area contributed by atoms with Crippen molar-refractivity contribution in [1.82, 2.24) is 9.88 Å². The fourth-order valence-electron chi connectivity index (χ4n) is 3.64. The van der Waals surface area contributed by atoms with Crippen molar-refractivity contribution in [3.8, 4) is 5.75 Å². The van der Waals surface area contributed by atoms with Gasteiger partial charge in [0.2, 0.25) is 0 Å². The molecule has 0 saturated carbocycles. The quantitative estimate of drug-likeness (QED) is 0.224. The van der Waals surface area contributed by atoms with Gasteiger partial charge >= 0.3 is 11.8 Å². The second-order valence-electron chi connectivity index (χ2n) is 8.97. The lowest BCUT2D eigenvalue weighted by Gasteiger charge is -2.33. The number of amides is 1. The topological polar surface area (TPSA) is 118 Å². The minimum absolute atomic E-state index is 0.116. The van der Waals surface area contributed by atoms with E-state index >= 15 is 0 Å². The highest BCUT2D eigenvalue weighted by molar-refractivity contribution is 5.96.